The first-order chi connectivity index (χ1) is 50.6. The molecule has 12 atom stereocenters. The van der Waals surface area contributed by atoms with Gasteiger partial charge < -0.3 is 65.1 Å². The standard InChI is InChI=1S/C89H171NO13/c1-3-5-7-9-11-13-15-17-19-21-23-25-27-29-31-33-35-36-37-38-39-40-41-42-43-45-47-49-51-53-55-57-59-61-63-65-67-69-71-73-81(94)90-77(76-100-88-86(99)84(97)87(80(75-92)102-88)103-89-85(98)83(96)82(95)79(74-91)101-89)78(93)72-70-68-66-64-62-60-58-56-54-52-50-48-46-44-34-32-30-28-26-24-22-20-18-16-14-12-10-8-6-4-2/h21,23,70,72,77-80,82-89,91-93,95-99H,3-20,22,24-69,71,73-76H2,1-2H3,(H,90,94)/b23-21-,72-70+. The number of aliphatic hydroxyl groups is 8. The molecule has 0 spiro atoms. The third kappa shape index (κ3) is 55.5. The first kappa shape index (κ1) is 97.5. The quantitative estimate of drug-likeness (QED) is 0.0204. The predicted molar refractivity (Wildman–Crippen MR) is 429 cm³/mol. The van der Waals surface area contributed by atoms with Gasteiger partial charge in [0.15, 0.2) is 12.6 Å². The van der Waals surface area contributed by atoms with Crippen LogP contribution in [0.1, 0.15) is 444 Å². The van der Waals surface area contributed by atoms with Crippen molar-refractivity contribution >= 4 is 5.91 Å². The smallest absolute Gasteiger partial charge is 0.220 e. The van der Waals surface area contributed by atoms with Crippen molar-refractivity contribution in [2.24, 2.45) is 0 Å². The minimum Gasteiger partial charge on any atom is -0.394 e. The van der Waals surface area contributed by atoms with Gasteiger partial charge in [-0.1, -0.05) is 417 Å². The highest BCUT2D eigenvalue weighted by molar-refractivity contribution is 5.76. The summed E-state index contributed by atoms with van der Waals surface area (Å²) in [5.74, 6) is -0.228. The maximum atomic E-state index is 13.4. The summed E-state index contributed by atoms with van der Waals surface area (Å²) in [7, 11) is 0. The minimum atomic E-state index is -1.79. The van der Waals surface area contributed by atoms with Gasteiger partial charge in [-0.05, 0) is 44.9 Å². The number of rotatable bonds is 78. The van der Waals surface area contributed by atoms with Crippen LogP contribution >= 0.6 is 0 Å². The fourth-order valence-electron chi connectivity index (χ4n) is 15.3. The molecule has 14 heteroatoms. The van der Waals surface area contributed by atoms with E-state index in [1.165, 1.54) is 379 Å². The molecule has 0 aromatic rings. The van der Waals surface area contributed by atoms with Gasteiger partial charge in [-0.25, -0.2) is 0 Å². The Morgan fingerprint density at radius 2 is 0.612 bits per heavy atom. The highest BCUT2D eigenvalue weighted by atomic mass is 16.7. The van der Waals surface area contributed by atoms with Crippen molar-refractivity contribution in [3.63, 3.8) is 0 Å². The van der Waals surface area contributed by atoms with Gasteiger partial charge in [0.2, 0.25) is 5.91 Å². The molecule has 2 saturated heterocycles. The Hall–Kier alpha value is -1.53. The van der Waals surface area contributed by atoms with E-state index in [1.807, 2.05) is 6.08 Å². The van der Waals surface area contributed by atoms with E-state index in [9.17, 15) is 45.6 Å². The summed E-state index contributed by atoms with van der Waals surface area (Å²) < 4.78 is 23.0. The molecule has 610 valence electrons. The van der Waals surface area contributed by atoms with Crippen LogP contribution in [-0.4, -0.2) is 140 Å². The number of allylic oxidation sites excluding steroid dienone is 3. The molecule has 2 aliphatic heterocycles. The Balaban J connectivity index is 1.55. The number of unbranched alkanes of at least 4 members (excludes halogenated alkanes) is 63. The highest BCUT2D eigenvalue weighted by Crippen LogP contribution is 2.31. The summed E-state index contributed by atoms with van der Waals surface area (Å²) in [6, 6.07) is -0.914. The largest absolute Gasteiger partial charge is 0.394 e. The van der Waals surface area contributed by atoms with Gasteiger partial charge in [-0.2, -0.15) is 0 Å². The lowest BCUT2D eigenvalue weighted by Gasteiger charge is -2.46. The topological polar surface area (TPSA) is 228 Å². The van der Waals surface area contributed by atoms with Crippen LogP contribution < -0.4 is 5.32 Å². The van der Waals surface area contributed by atoms with Gasteiger partial charge in [-0.15, -0.1) is 0 Å². The van der Waals surface area contributed by atoms with Crippen molar-refractivity contribution in [2.75, 3.05) is 19.8 Å². The molecule has 2 rings (SSSR count). The van der Waals surface area contributed by atoms with Gasteiger partial charge in [0.25, 0.3) is 0 Å². The predicted octanol–water partition coefficient (Wildman–Crippen LogP) is 21.8. The maximum absolute atomic E-state index is 13.4. The molecule has 2 aliphatic rings. The normalized spacial score (nSPS) is 21.6. The Labute approximate surface area is 634 Å². The summed E-state index contributed by atoms with van der Waals surface area (Å²) in [6.07, 6.45) is 80.2. The third-order valence-electron chi connectivity index (χ3n) is 22.4. The number of hydrogen-bond acceptors (Lipinski definition) is 13. The number of aliphatic hydroxyl groups excluding tert-OH is 8. The van der Waals surface area contributed by atoms with Crippen LogP contribution in [0.3, 0.4) is 0 Å². The number of carbonyl (C=O) groups is 1. The lowest BCUT2D eigenvalue weighted by Crippen LogP contribution is -2.65. The molecule has 0 aliphatic carbocycles. The second-order valence-electron chi connectivity index (χ2n) is 32.1. The van der Waals surface area contributed by atoms with Gasteiger partial charge >= 0.3 is 0 Å². The van der Waals surface area contributed by atoms with Crippen molar-refractivity contribution < 1.29 is 64.6 Å². The number of ether oxygens (including phenoxy) is 4. The van der Waals surface area contributed by atoms with E-state index in [4.69, 9.17) is 18.9 Å². The maximum Gasteiger partial charge on any atom is 0.220 e. The van der Waals surface area contributed by atoms with Gasteiger partial charge in [-0.3, -0.25) is 4.79 Å². The van der Waals surface area contributed by atoms with Crippen LogP contribution in [0.25, 0.3) is 0 Å². The first-order valence-electron chi connectivity index (χ1n) is 45.1. The molecule has 0 bridgehead atoms. The number of amides is 1. The molecular formula is C89H171NO13. The fourth-order valence-corrected chi connectivity index (χ4v) is 15.3. The van der Waals surface area contributed by atoms with Crippen molar-refractivity contribution in [3.8, 4) is 0 Å². The molecule has 2 fully saturated rings. The second kappa shape index (κ2) is 73.3. The highest BCUT2D eigenvalue weighted by Gasteiger charge is 2.51. The Morgan fingerprint density at radius 1 is 0.340 bits per heavy atom. The lowest BCUT2D eigenvalue weighted by atomic mass is 9.97. The summed E-state index contributed by atoms with van der Waals surface area (Å²) >= 11 is 0. The second-order valence-corrected chi connectivity index (χ2v) is 32.1. The van der Waals surface area contributed by atoms with Crippen LogP contribution in [0.5, 0.6) is 0 Å². The van der Waals surface area contributed by atoms with Crippen molar-refractivity contribution in [1.82, 2.24) is 5.32 Å². The molecule has 0 radical (unpaired) electrons. The zero-order chi connectivity index (χ0) is 74.4. The Morgan fingerprint density at radius 3 is 0.922 bits per heavy atom. The number of nitrogens with one attached hydrogen (secondary N) is 1. The summed E-state index contributed by atoms with van der Waals surface area (Å²) in [5, 5.41) is 87.9. The summed E-state index contributed by atoms with van der Waals surface area (Å²) in [5.41, 5.74) is 0. The zero-order valence-electron chi connectivity index (χ0n) is 67.4. The van der Waals surface area contributed by atoms with E-state index in [1.54, 1.807) is 6.08 Å². The molecule has 12 unspecified atom stereocenters. The monoisotopic (exact) mass is 1460 g/mol. The van der Waals surface area contributed by atoms with Crippen molar-refractivity contribution in [1.29, 1.82) is 0 Å². The van der Waals surface area contributed by atoms with E-state index in [-0.39, 0.29) is 18.9 Å². The van der Waals surface area contributed by atoms with E-state index >= 15 is 0 Å². The van der Waals surface area contributed by atoms with Crippen LogP contribution in [0.4, 0.5) is 0 Å². The number of carbonyl (C=O) groups excluding carboxylic acids is 1. The van der Waals surface area contributed by atoms with Gasteiger partial charge in [0.1, 0.15) is 48.8 Å². The zero-order valence-corrected chi connectivity index (χ0v) is 67.4. The fraction of sp³-hybridized carbons (Fsp3) is 0.944. The molecule has 0 aromatic heterocycles. The van der Waals surface area contributed by atoms with Crippen LogP contribution in [0.15, 0.2) is 24.3 Å². The van der Waals surface area contributed by atoms with Crippen LogP contribution in [0.2, 0.25) is 0 Å². The van der Waals surface area contributed by atoms with Crippen LogP contribution in [-0.2, 0) is 23.7 Å². The Bertz CT molecular complexity index is 1820. The van der Waals surface area contributed by atoms with Gasteiger partial charge in [0, 0.05) is 6.42 Å². The van der Waals surface area contributed by atoms with E-state index in [0.717, 1.165) is 38.5 Å². The van der Waals surface area contributed by atoms with Crippen molar-refractivity contribution in [2.45, 2.75) is 518 Å². The molecule has 0 saturated carbocycles. The lowest BCUT2D eigenvalue weighted by molar-refractivity contribution is -0.359. The van der Waals surface area contributed by atoms with E-state index in [2.05, 4.69) is 31.3 Å². The average molecular weight is 1460 g/mol. The number of hydrogen-bond donors (Lipinski definition) is 9. The molecule has 2 heterocycles. The molecule has 1 amide bonds. The molecule has 9 N–H and O–H groups in total. The van der Waals surface area contributed by atoms with Gasteiger partial charge in [0.05, 0.1) is 32.0 Å². The molecular weight excluding hydrogens is 1290 g/mol. The SMILES string of the molecule is CCCCCCCCCC/C=C\CCCCCCCCCCCCCCCCCCCCCCCCCCCCCC(=O)NC(COC1OC(CO)C(OC2OC(CO)C(O)C(O)C2O)C(O)C1O)C(O)/C=C/CCCCCCCCCCCCCCCCCCCCCCCCCCCCCC. The summed E-state index contributed by atoms with van der Waals surface area (Å²) in [4.78, 5) is 13.4. The minimum absolute atomic E-state index is 0.228. The molecule has 14 nitrogen and oxygen atoms in total. The first-order valence-corrected chi connectivity index (χ1v) is 45.1. The van der Waals surface area contributed by atoms with Crippen molar-refractivity contribution in [3.05, 3.63) is 24.3 Å². The van der Waals surface area contributed by atoms with Crippen LogP contribution in [0, 0.1) is 0 Å². The van der Waals surface area contributed by atoms with E-state index < -0.39 is 86.8 Å². The van der Waals surface area contributed by atoms with E-state index in [0.29, 0.717) is 6.42 Å². The third-order valence-corrected chi connectivity index (χ3v) is 22.4. The Kier molecular flexibility index (Phi) is 69.4. The average Bonchev–Trinajstić information content (AvgIpc) is 0.791. The summed E-state index contributed by atoms with van der Waals surface area (Å²) in [6.45, 7) is 2.88. The molecule has 0 aromatic carbocycles. The molecule has 103 heavy (non-hydrogen) atoms.